The third-order valence-corrected chi connectivity index (χ3v) is 2.12. The first-order valence-corrected chi connectivity index (χ1v) is 4.82. The molecule has 7 heteroatoms. The number of nitrogens with zero attached hydrogens (tertiary/aromatic N) is 1. The smallest absolute Gasteiger partial charge is 0.178 e. The second kappa shape index (κ2) is 5.57. The molecule has 1 aromatic rings. The number of rotatable bonds is 5. The van der Waals surface area contributed by atoms with Gasteiger partial charge < -0.3 is 15.8 Å². The number of pyridine rings is 1. The highest BCUT2D eigenvalue weighted by molar-refractivity contribution is 5.47. The molecule has 90 valence electrons. The number of nitrogens with two attached hydrogens (primary N) is 1. The topological polar surface area (TPSA) is 83.2 Å². The van der Waals surface area contributed by atoms with Gasteiger partial charge in [0.1, 0.15) is 0 Å². The van der Waals surface area contributed by atoms with E-state index in [0.717, 1.165) is 0 Å². The predicted molar refractivity (Wildman–Crippen MR) is 56.8 cm³/mol. The van der Waals surface area contributed by atoms with Gasteiger partial charge in [-0.15, -0.1) is 0 Å². The van der Waals surface area contributed by atoms with E-state index >= 15 is 0 Å². The average Bonchev–Trinajstić information content (AvgIpc) is 2.28. The molecule has 0 amide bonds. The molecule has 0 aromatic carbocycles. The van der Waals surface area contributed by atoms with Crippen molar-refractivity contribution in [3.05, 3.63) is 17.7 Å². The predicted octanol–water partition coefficient (Wildman–Crippen LogP) is 0.828. The molecule has 16 heavy (non-hydrogen) atoms. The van der Waals surface area contributed by atoms with Crippen LogP contribution in [0.4, 0.5) is 20.4 Å². The third-order valence-electron chi connectivity index (χ3n) is 2.12. The molecule has 1 heterocycles. The number of hydrogen-bond acceptors (Lipinski definition) is 5. The average molecular weight is 232 g/mol. The van der Waals surface area contributed by atoms with Crippen LogP contribution < -0.4 is 16.6 Å². The largest absolute Gasteiger partial charge is 0.394 e. The molecule has 0 spiro atoms. The van der Waals surface area contributed by atoms with Crippen LogP contribution in [0.1, 0.15) is 13.3 Å². The van der Waals surface area contributed by atoms with Crippen LogP contribution >= 0.6 is 0 Å². The summed E-state index contributed by atoms with van der Waals surface area (Å²) in [5.41, 5.74) is 2.02. The summed E-state index contributed by atoms with van der Waals surface area (Å²) in [5.74, 6) is 2.91. The quantitative estimate of drug-likeness (QED) is 0.446. The number of anilines is 2. The van der Waals surface area contributed by atoms with Crippen molar-refractivity contribution in [2.24, 2.45) is 5.84 Å². The third kappa shape index (κ3) is 2.77. The summed E-state index contributed by atoms with van der Waals surface area (Å²) >= 11 is 0. The molecule has 0 saturated heterocycles. The van der Waals surface area contributed by atoms with Gasteiger partial charge in [-0.3, -0.25) is 0 Å². The number of aliphatic hydroxyl groups is 1. The first-order valence-electron chi connectivity index (χ1n) is 4.82. The van der Waals surface area contributed by atoms with E-state index in [1.54, 1.807) is 0 Å². The van der Waals surface area contributed by atoms with Crippen LogP contribution in [0.5, 0.6) is 0 Å². The van der Waals surface area contributed by atoms with Crippen LogP contribution in [0.2, 0.25) is 0 Å². The zero-order valence-electron chi connectivity index (χ0n) is 8.80. The van der Waals surface area contributed by atoms with Gasteiger partial charge in [-0.05, 0) is 6.42 Å². The lowest BCUT2D eigenvalue weighted by Gasteiger charge is -2.15. The Hall–Kier alpha value is -1.47. The molecule has 5 nitrogen and oxygen atoms in total. The highest BCUT2D eigenvalue weighted by Crippen LogP contribution is 2.19. The van der Waals surface area contributed by atoms with Crippen molar-refractivity contribution in [3.63, 3.8) is 0 Å². The van der Waals surface area contributed by atoms with Gasteiger partial charge in [0.25, 0.3) is 0 Å². The standard InChI is InChI=1S/C9H14F2N4O/c1-2-5(4-16)13-8-6(10)3-7(11)9(14-8)15-12/h3,5,16H,2,4,12H2,1H3,(H2,13,14,15). The maximum absolute atomic E-state index is 13.3. The minimum atomic E-state index is -0.873. The maximum atomic E-state index is 13.3. The minimum absolute atomic E-state index is 0.143. The zero-order valence-corrected chi connectivity index (χ0v) is 8.80. The Morgan fingerprint density at radius 1 is 1.44 bits per heavy atom. The van der Waals surface area contributed by atoms with Crippen LogP contribution in [0.15, 0.2) is 6.07 Å². The van der Waals surface area contributed by atoms with Crippen molar-refractivity contribution in [2.75, 3.05) is 17.3 Å². The highest BCUT2D eigenvalue weighted by Gasteiger charge is 2.13. The molecule has 0 aliphatic heterocycles. The van der Waals surface area contributed by atoms with Crippen molar-refractivity contribution in [1.82, 2.24) is 4.98 Å². The number of aromatic nitrogens is 1. The van der Waals surface area contributed by atoms with E-state index in [1.165, 1.54) is 0 Å². The summed E-state index contributed by atoms with van der Waals surface area (Å²) < 4.78 is 26.3. The van der Waals surface area contributed by atoms with Gasteiger partial charge in [-0.25, -0.2) is 19.6 Å². The summed E-state index contributed by atoms with van der Waals surface area (Å²) in [4.78, 5) is 3.62. The maximum Gasteiger partial charge on any atom is 0.178 e. The van der Waals surface area contributed by atoms with Crippen LogP contribution in [-0.2, 0) is 0 Å². The van der Waals surface area contributed by atoms with Crippen LogP contribution in [0.3, 0.4) is 0 Å². The van der Waals surface area contributed by atoms with E-state index in [9.17, 15) is 8.78 Å². The summed E-state index contributed by atoms with van der Waals surface area (Å²) in [6.07, 6.45) is 0.584. The number of nitrogen functional groups attached to an aromatic ring is 1. The summed E-state index contributed by atoms with van der Waals surface area (Å²) in [6, 6.07) is 0.340. The van der Waals surface area contributed by atoms with Gasteiger partial charge in [0.2, 0.25) is 0 Å². The molecule has 1 atom stereocenters. The van der Waals surface area contributed by atoms with Crippen molar-refractivity contribution in [2.45, 2.75) is 19.4 Å². The fourth-order valence-electron chi connectivity index (χ4n) is 1.14. The van der Waals surface area contributed by atoms with E-state index in [1.807, 2.05) is 12.3 Å². The van der Waals surface area contributed by atoms with E-state index < -0.39 is 11.6 Å². The molecule has 1 unspecified atom stereocenters. The first-order chi connectivity index (χ1) is 7.62. The molecular formula is C9H14F2N4O. The molecule has 1 rings (SSSR count). The number of halogens is 2. The lowest BCUT2D eigenvalue weighted by atomic mass is 10.2. The van der Waals surface area contributed by atoms with Gasteiger partial charge in [-0.2, -0.15) is 0 Å². The number of nitrogens with one attached hydrogen (secondary N) is 2. The lowest BCUT2D eigenvalue weighted by molar-refractivity contribution is 0.271. The Morgan fingerprint density at radius 3 is 2.56 bits per heavy atom. The molecule has 0 saturated carbocycles. The van der Waals surface area contributed by atoms with Crippen LogP contribution in [0.25, 0.3) is 0 Å². The van der Waals surface area contributed by atoms with Crippen molar-refractivity contribution in [1.29, 1.82) is 0 Å². The van der Waals surface area contributed by atoms with Crippen molar-refractivity contribution >= 4 is 11.6 Å². The van der Waals surface area contributed by atoms with Crippen molar-refractivity contribution in [3.8, 4) is 0 Å². The highest BCUT2D eigenvalue weighted by atomic mass is 19.1. The molecule has 0 radical (unpaired) electrons. The molecule has 0 aliphatic carbocycles. The van der Waals surface area contributed by atoms with E-state index in [2.05, 4.69) is 10.3 Å². The number of hydrogen-bond donors (Lipinski definition) is 4. The number of hydrazine groups is 1. The SMILES string of the molecule is CCC(CO)Nc1nc(NN)c(F)cc1F. The zero-order chi connectivity index (χ0) is 12.1. The minimum Gasteiger partial charge on any atom is -0.394 e. The molecule has 5 N–H and O–H groups in total. The molecule has 0 aliphatic rings. The Kier molecular flexibility index (Phi) is 4.39. The fraction of sp³-hybridized carbons (Fsp3) is 0.444. The summed E-state index contributed by atoms with van der Waals surface area (Å²) in [6.45, 7) is 1.65. The van der Waals surface area contributed by atoms with Crippen LogP contribution in [0, 0.1) is 11.6 Å². The van der Waals surface area contributed by atoms with Gasteiger partial charge in [-0.1, -0.05) is 6.92 Å². The Labute approximate surface area is 91.6 Å². The lowest BCUT2D eigenvalue weighted by Crippen LogP contribution is -2.24. The summed E-state index contributed by atoms with van der Waals surface area (Å²) in [5, 5.41) is 11.6. The van der Waals surface area contributed by atoms with Gasteiger partial charge in [0, 0.05) is 6.07 Å². The van der Waals surface area contributed by atoms with Gasteiger partial charge in [0.15, 0.2) is 23.3 Å². The van der Waals surface area contributed by atoms with E-state index in [0.29, 0.717) is 12.5 Å². The van der Waals surface area contributed by atoms with E-state index in [-0.39, 0.29) is 24.3 Å². The second-order valence-electron chi connectivity index (χ2n) is 3.23. The van der Waals surface area contributed by atoms with Gasteiger partial charge in [0.05, 0.1) is 12.6 Å². The fourth-order valence-corrected chi connectivity index (χ4v) is 1.14. The molecule has 0 bridgehead atoms. The first kappa shape index (κ1) is 12.6. The Morgan fingerprint density at radius 2 is 2.06 bits per heavy atom. The Balaban J connectivity index is 2.95. The van der Waals surface area contributed by atoms with Crippen LogP contribution in [-0.4, -0.2) is 22.7 Å². The van der Waals surface area contributed by atoms with Gasteiger partial charge >= 0.3 is 0 Å². The second-order valence-corrected chi connectivity index (χ2v) is 3.23. The molecule has 1 aromatic heterocycles. The Bertz CT molecular complexity index is 358. The summed E-state index contributed by atoms with van der Waals surface area (Å²) in [7, 11) is 0. The molecule has 0 fully saturated rings. The normalized spacial score (nSPS) is 12.3. The number of aliphatic hydroxyl groups excluding tert-OH is 1. The molecular weight excluding hydrogens is 218 g/mol. The van der Waals surface area contributed by atoms with E-state index in [4.69, 9.17) is 10.9 Å². The van der Waals surface area contributed by atoms with Crippen molar-refractivity contribution < 1.29 is 13.9 Å². The monoisotopic (exact) mass is 232 g/mol.